The maximum atomic E-state index is 6.18. The number of rotatable bonds is 4. The second kappa shape index (κ2) is 6.42. The van der Waals surface area contributed by atoms with Crippen LogP contribution in [0.2, 0.25) is 5.02 Å². The van der Waals surface area contributed by atoms with Crippen LogP contribution in [-0.2, 0) is 0 Å². The van der Waals surface area contributed by atoms with Crippen molar-refractivity contribution in [3.63, 3.8) is 0 Å². The Kier molecular flexibility index (Phi) is 4.38. The molecule has 0 spiro atoms. The van der Waals surface area contributed by atoms with Gasteiger partial charge in [0.25, 0.3) is 0 Å². The van der Waals surface area contributed by atoms with E-state index in [9.17, 15) is 0 Å². The predicted molar refractivity (Wildman–Crippen MR) is 82.5 cm³/mol. The number of ether oxygens (including phenoxy) is 1. The summed E-state index contributed by atoms with van der Waals surface area (Å²) in [6, 6.07) is 8.24. The van der Waals surface area contributed by atoms with Crippen LogP contribution in [0.5, 0.6) is 5.75 Å². The zero-order valence-corrected chi connectivity index (χ0v) is 12.2. The first-order valence-electron chi connectivity index (χ1n) is 7.24. The molecule has 3 nitrogen and oxygen atoms in total. The molecule has 0 aliphatic carbocycles. The Morgan fingerprint density at radius 1 is 1.30 bits per heavy atom. The molecule has 1 aliphatic heterocycles. The summed E-state index contributed by atoms with van der Waals surface area (Å²) in [6.45, 7) is 1.85. The number of nitrogens with zero attached hydrogens (tertiary/aromatic N) is 1. The lowest BCUT2D eigenvalue weighted by atomic mass is 10.0. The smallest absolute Gasteiger partial charge is 0.145 e. The van der Waals surface area contributed by atoms with E-state index in [1.807, 2.05) is 24.3 Å². The molecule has 3 rings (SSSR count). The third-order valence-corrected chi connectivity index (χ3v) is 4.15. The minimum absolute atomic E-state index is 0.593. The van der Waals surface area contributed by atoms with Gasteiger partial charge in [-0.05, 0) is 50.1 Å². The summed E-state index contributed by atoms with van der Waals surface area (Å²) in [5.74, 6) is 0.820. The molecule has 1 atom stereocenters. The molecule has 4 heteroatoms. The fraction of sp³-hybridized carbons (Fsp3) is 0.438. The summed E-state index contributed by atoms with van der Waals surface area (Å²) >= 11 is 6.18. The molecule has 1 aliphatic rings. The number of hydrogen-bond acceptors (Lipinski definition) is 3. The zero-order chi connectivity index (χ0) is 13.8. The van der Waals surface area contributed by atoms with Gasteiger partial charge in [-0.25, -0.2) is 0 Å². The molecule has 1 N–H and O–H groups in total. The van der Waals surface area contributed by atoms with Crippen molar-refractivity contribution in [2.24, 2.45) is 0 Å². The van der Waals surface area contributed by atoms with Crippen molar-refractivity contribution in [3.8, 4) is 5.75 Å². The maximum Gasteiger partial charge on any atom is 0.145 e. The number of benzene rings is 1. The SMILES string of the molecule is Clc1ccc(OCC[C@@H]2CCCCN2)c2ncccc12. The molecule has 1 aromatic heterocycles. The zero-order valence-electron chi connectivity index (χ0n) is 11.4. The second-order valence-electron chi connectivity index (χ2n) is 5.23. The highest BCUT2D eigenvalue weighted by atomic mass is 35.5. The van der Waals surface area contributed by atoms with Gasteiger partial charge in [-0.1, -0.05) is 18.0 Å². The number of piperidine rings is 1. The molecular weight excluding hydrogens is 272 g/mol. The van der Waals surface area contributed by atoms with Crippen molar-refractivity contribution in [1.29, 1.82) is 0 Å². The average Bonchev–Trinajstić information content (AvgIpc) is 2.51. The molecule has 2 aromatic rings. The van der Waals surface area contributed by atoms with Crippen LogP contribution in [0.3, 0.4) is 0 Å². The Balaban J connectivity index is 1.67. The van der Waals surface area contributed by atoms with Gasteiger partial charge >= 0.3 is 0 Å². The van der Waals surface area contributed by atoms with E-state index in [0.29, 0.717) is 12.6 Å². The molecule has 1 aromatic carbocycles. The van der Waals surface area contributed by atoms with Crippen LogP contribution in [0.4, 0.5) is 0 Å². The van der Waals surface area contributed by atoms with Gasteiger partial charge in [0.15, 0.2) is 0 Å². The van der Waals surface area contributed by atoms with Gasteiger partial charge in [-0.3, -0.25) is 4.98 Å². The highest BCUT2D eigenvalue weighted by molar-refractivity contribution is 6.35. The third kappa shape index (κ3) is 3.05. The lowest BCUT2D eigenvalue weighted by Gasteiger charge is -2.23. The minimum Gasteiger partial charge on any atom is -0.491 e. The minimum atomic E-state index is 0.593. The average molecular weight is 291 g/mol. The summed E-state index contributed by atoms with van der Waals surface area (Å²) in [4.78, 5) is 4.38. The Morgan fingerprint density at radius 3 is 3.10 bits per heavy atom. The number of aromatic nitrogens is 1. The van der Waals surface area contributed by atoms with Gasteiger partial charge in [0.1, 0.15) is 11.3 Å². The van der Waals surface area contributed by atoms with E-state index in [-0.39, 0.29) is 0 Å². The van der Waals surface area contributed by atoms with E-state index in [1.165, 1.54) is 19.3 Å². The van der Waals surface area contributed by atoms with E-state index in [2.05, 4.69) is 10.3 Å². The van der Waals surface area contributed by atoms with Gasteiger partial charge in [-0.15, -0.1) is 0 Å². The lowest BCUT2D eigenvalue weighted by molar-refractivity contribution is 0.270. The van der Waals surface area contributed by atoms with Crippen molar-refractivity contribution in [1.82, 2.24) is 10.3 Å². The Bertz CT molecular complexity index is 582. The molecule has 0 radical (unpaired) electrons. The van der Waals surface area contributed by atoms with Gasteiger partial charge in [0.2, 0.25) is 0 Å². The van der Waals surface area contributed by atoms with E-state index in [1.54, 1.807) is 6.20 Å². The summed E-state index contributed by atoms with van der Waals surface area (Å²) in [5.41, 5.74) is 0.844. The fourth-order valence-corrected chi connectivity index (χ4v) is 2.93. The van der Waals surface area contributed by atoms with Crippen molar-refractivity contribution in [2.45, 2.75) is 31.7 Å². The Hall–Kier alpha value is -1.32. The molecule has 0 saturated carbocycles. The molecule has 1 fully saturated rings. The van der Waals surface area contributed by atoms with Crippen molar-refractivity contribution < 1.29 is 4.74 Å². The highest BCUT2D eigenvalue weighted by Crippen LogP contribution is 2.29. The summed E-state index contributed by atoms with van der Waals surface area (Å²) in [7, 11) is 0. The summed E-state index contributed by atoms with van der Waals surface area (Å²) in [6.07, 6.45) is 6.68. The van der Waals surface area contributed by atoms with Crippen molar-refractivity contribution >= 4 is 22.5 Å². The van der Waals surface area contributed by atoms with Crippen molar-refractivity contribution in [3.05, 3.63) is 35.5 Å². The number of halogens is 1. The van der Waals surface area contributed by atoms with E-state index in [4.69, 9.17) is 16.3 Å². The highest BCUT2D eigenvalue weighted by Gasteiger charge is 2.13. The largest absolute Gasteiger partial charge is 0.491 e. The molecule has 20 heavy (non-hydrogen) atoms. The summed E-state index contributed by atoms with van der Waals surface area (Å²) in [5, 5.41) is 5.20. The Morgan fingerprint density at radius 2 is 2.25 bits per heavy atom. The molecule has 0 unspecified atom stereocenters. The molecule has 106 valence electrons. The first kappa shape index (κ1) is 13.7. The number of nitrogens with one attached hydrogen (secondary N) is 1. The molecule has 0 bridgehead atoms. The molecule has 1 saturated heterocycles. The van der Waals surface area contributed by atoms with Gasteiger partial charge < -0.3 is 10.1 Å². The first-order chi connectivity index (χ1) is 9.84. The van der Waals surface area contributed by atoms with Crippen LogP contribution >= 0.6 is 11.6 Å². The molecular formula is C16H19ClN2O. The van der Waals surface area contributed by atoms with E-state index in [0.717, 1.165) is 34.6 Å². The fourth-order valence-electron chi connectivity index (χ4n) is 2.71. The topological polar surface area (TPSA) is 34.1 Å². The normalized spacial score (nSPS) is 19.1. The standard InChI is InChI=1S/C16H19ClN2O/c17-14-6-7-15(16-13(14)5-3-10-19-16)20-11-8-12-4-1-2-9-18-12/h3,5-7,10,12,18H,1-2,4,8-9,11H2/t12-/m0/s1. The van der Waals surface area contributed by atoms with Gasteiger partial charge in [0, 0.05) is 17.6 Å². The van der Waals surface area contributed by atoms with E-state index >= 15 is 0 Å². The van der Waals surface area contributed by atoms with Crippen molar-refractivity contribution in [2.75, 3.05) is 13.2 Å². The Labute approximate surface area is 124 Å². The molecule has 2 heterocycles. The maximum absolute atomic E-state index is 6.18. The summed E-state index contributed by atoms with van der Waals surface area (Å²) < 4.78 is 5.92. The van der Waals surface area contributed by atoms with Crippen LogP contribution in [0.25, 0.3) is 10.9 Å². The van der Waals surface area contributed by atoms with Crippen LogP contribution < -0.4 is 10.1 Å². The van der Waals surface area contributed by atoms with Gasteiger partial charge in [0.05, 0.1) is 11.6 Å². The van der Waals surface area contributed by atoms with Crippen LogP contribution in [-0.4, -0.2) is 24.2 Å². The van der Waals surface area contributed by atoms with E-state index < -0.39 is 0 Å². The van der Waals surface area contributed by atoms with Gasteiger partial charge in [-0.2, -0.15) is 0 Å². The van der Waals surface area contributed by atoms with Crippen LogP contribution in [0, 0.1) is 0 Å². The third-order valence-electron chi connectivity index (χ3n) is 3.82. The number of fused-ring (bicyclic) bond motifs is 1. The van der Waals surface area contributed by atoms with Crippen LogP contribution in [0.15, 0.2) is 30.5 Å². The monoisotopic (exact) mass is 290 g/mol. The predicted octanol–water partition coefficient (Wildman–Crippen LogP) is 3.80. The first-order valence-corrected chi connectivity index (χ1v) is 7.62. The van der Waals surface area contributed by atoms with Crippen LogP contribution in [0.1, 0.15) is 25.7 Å². The molecule has 0 amide bonds. The number of pyridine rings is 1. The lowest BCUT2D eigenvalue weighted by Crippen LogP contribution is -2.35. The quantitative estimate of drug-likeness (QED) is 0.930. The number of hydrogen-bond donors (Lipinski definition) is 1. The second-order valence-corrected chi connectivity index (χ2v) is 5.64.